The van der Waals surface area contributed by atoms with Gasteiger partial charge in [-0.1, -0.05) is 46.2 Å². The van der Waals surface area contributed by atoms with Crippen LogP contribution in [0.3, 0.4) is 0 Å². The zero-order valence-corrected chi connectivity index (χ0v) is 35.2. The fourth-order valence-corrected chi connectivity index (χ4v) is 14.5. The third kappa shape index (κ3) is 6.73. The van der Waals surface area contributed by atoms with E-state index >= 15 is 0 Å². The molecule has 1 heterocycles. The second kappa shape index (κ2) is 14.6. The smallest absolute Gasteiger partial charge is 0.309 e. The van der Waals surface area contributed by atoms with Crippen molar-refractivity contribution in [3.8, 4) is 0 Å². The maximum Gasteiger partial charge on any atom is 0.309 e. The number of rotatable bonds is 9. The number of aliphatic carboxylic acids is 1. The Balaban J connectivity index is 0.981. The SMILES string of the molecule is CCON=C1CCN(C(=O)C2CC(NC(=O)C34CCCC3C3CCC5C(C)(CCC6C(C)(C)C(OC(=O)CC(C)(C)C(=O)O)CCC65C)C3CC4)C2C)CC1. The first-order chi connectivity index (χ1) is 25.9. The molecule has 7 rings (SSSR count). The lowest BCUT2D eigenvalue weighted by atomic mass is 9.36. The molecule has 6 saturated carbocycles. The van der Waals surface area contributed by atoms with Crippen molar-refractivity contribution in [1.82, 2.24) is 10.2 Å². The number of carboxylic acids is 1. The largest absolute Gasteiger partial charge is 0.481 e. The number of carbonyl (C=O) groups is 4. The lowest BCUT2D eigenvalue weighted by Gasteiger charge is -2.69. The summed E-state index contributed by atoms with van der Waals surface area (Å²) in [6, 6.07) is 0.0690. The number of ether oxygens (including phenoxy) is 1. The summed E-state index contributed by atoms with van der Waals surface area (Å²) >= 11 is 0. The van der Waals surface area contributed by atoms with Gasteiger partial charge in [0.2, 0.25) is 11.8 Å². The number of likely N-dealkylation sites (tertiary alicyclic amines) is 1. The van der Waals surface area contributed by atoms with E-state index in [4.69, 9.17) is 9.57 Å². The first-order valence-corrected chi connectivity index (χ1v) is 22.1. The number of esters is 1. The van der Waals surface area contributed by atoms with Gasteiger partial charge < -0.3 is 24.9 Å². The van der Waals surface area contributed by atoms with Crippen LogP contribution in [0.2, 0.25) is 0 Å². The number of piperidine rings is 1. The molecule has 6 aliphatic carbocycles. The molecule has 308 valence electrons. The van der Waals surface area contributed by atoms with Crippen LogP contribution in [0.15, 0.2) is 5.16 Å². The van der Waals surface area contributed by atoms with Crippen molar-refractivity contribution in [3.05, 3.63) is 0 Å². The number of carbonyl (C=O) groups excluding carboxylic acids is 3. The first kappa shape index (κ1) is 40.5. The maximum absolute atomic E-state index is 14.5. The summed E-state index contributed by atoms with van der Waals surface area (Å²) in [4.78, 5) is 60.0. The Bertz CT molecular complexity index is 1550. The van der Waals surface area contributed by atoms with Gasteiger partial charge in [0.15, 0.2) is 0 Å². The Hall–Kier alpha value is -2.65. The average Bonchev–Trinajstić information content (AvgIpc) is 3.59. The van der Waals surface area contributed by atoms with Crippen LogP contribution in [0.4, 0.5) is 0 Å². The second-order valence-corrected chi connectivity index (χ2v) is 21.1. The van der Waals surface area contributed by atoms with Gasteiger partial charge >= 0.3 is 11.9 Å². The molecule has 0 spiro atoms. The van der Waals surface area contributed by atoms with Gasteiger partial charge in [0.1, 0.15) is 12.7 Å². The molecule has 0 aromatic rings. The van der Waals surface area contributed by atoms with Crippen LogP contribution in [0.1, 0.15) is 152 Å². The molecule has 7 fully saturated rings. The highest BCUT2D eigenvalue weighted by Crippen LogP contribution is 2.73. The molecule has 2 N–H and O–H groups in total. The van der Waals surface area contributed by atoms with Crippen molar-refractivity contribution >= 4 is 29.5 Å². The molecule has 7 aliphatic rings. The van der Waals surface area contributed by atoms with Crippen molar-refractivity contribution in [2.45, 2.75) is 164 Å². The fraction of sp³-hybridized carbons (Fsp3) is 0.889. The van der Waals surface area contributed by atoms with Crippen LogP contribution in [0.25, 0.3) is 0 Å². The van der Waals surface area contributed by atoms with Crippen LogP contribution < -0.4 is 5.32 Å². The third-order valence-electron chi connectivity index (χ3n) is 17.7. The van der Waals surface area contributed by atoms with E-state index in [1.54, 1.807) is 13.8 Å². The summed E-state index contributed by atoms with van der Waals surface area (Å²) in [5, 5.41) is 17.4. The van der Waals surface area contributed by atoms with Crippen LogP contribution in [-0.4, -0.2) is 71.3 Å². The monoisotopic (exact) mass is 766 g/mol. The van der Waals surface area contributed by atoms with E-state index in [1.165, 1.54) is 19.3 Å². The lowest BCUT2D eigenvalue weighted by molar-refractivity contribution is -0.222. The maximum atomic E-state index is 14.5. The van der Waals surface area contributed by atoms with Gasteiger partial charge in [0.25, 0.3) is 0 Å². The van der Waals surface area contributed by atoms with Crippen molar-refractivity contribution in [2.24, 2.45) is 73.7 Å². The highest BCUT2D eigenvalue weighted by Gasteiger charge is 2.67. The summed E-state index contributed by atoms with van der Waals surface area (Å²) in [7, 11) is 0. The highest BCUT2D eigenvalue weighted by molar-refractivity contribution is 5.88. The van der Waals surface area contributed by atoms with Crippen LogP contribution in [-0.2, 0) is 28.8 Å². The zero-order chi connectivity index (χ0) is 39.7. The minimum atomic E-state index is -1.15. The minimum Gasteiger partial charge on any atom is -0.481 e. The van der Waals surface area contributed by atoms with Crippen LogP contribution >= 0.6 is 0 Å². The van der Waals surface area contributed by atoms with Gasteiger partial charge in [-0.25, -0.2) is 0 Å². The molecule has 0 bridgehead atoms. The molecule has 0 radical (unpaired) electrons. The predicted molar refractivity (Wildman–Crippen MR) is 211 cm³/mol. The van der Waals surface area contributed by atoms with Crippen molar-refractivity contribution in [1.29, 1.82) is 0 Å². The third-order valence-corrected chi connectivity index (χ3v) is 17.7. The van der Waals surface area contributed by atoms with E-state index in [0.717, 1.165) is 76.3 Å². The van der Waals surface area contributed by atoms with Gasteiger partial charge in [-0.2, -0.15) is 0 Å². The number of hydrogen-bond donors (Lipinski definition) is 2. The number of nitrogens with one attached hydrogen (secondary N) is 1. The molecular weight excluding hydrogens is 695 g/mol. The fourth-order valence-electron chi connectivity index (χ4n) is 14.5. The predicted octanol–water partition coefficient (Wildman–Crippen LogP) is 8.02. The Morgan fingerprint density at radius 1 is 0.891 bits per heavy atom. The van der Waals surface area contributed by atoms with E-state index in [0.29, 0.717) is 49.3 Å². The van der Waals surface area contributed by atoms with Crippen molar-refractivity contribution < 1.29 is 33.9 Å². The molecule has 1 saturated heterocycles. The summed E-state index contributed by atoms with van der Waals surface area (Å²) in [6.07, 6.45) is 13.9. The Kier molecular flexibility index (Phi) is 10.8. The number of fused-ring (bicyclic) bond motifs is 7. The Morgan fingerprint density at radius 2 is 1.60 bits per heavy atom. The van der Waals surface area contributed by atoms with Crippen LogP contribution in [0, 0.1) is 68.5 Å². The van der Waals surface area contributed by atoms with E-state index < -0.39 is 17.4 Å². The average molecular weight is 766 g/mol. The zero-order valence-electron chi connectivity index (χ0n) is 35.2. The van der Waals surface area contributed by atoms with Crippen molar-refractivity contribution in [2.75, 3.05) is 19.7 Å². The first-order valence-electron chi connectivity index (χ1n) is 22.1. The van der Waals surface area contributed by atoms with Gasteiger partial charge in [-0.3, -0.25) is 19.2 Å². The topological polar surface area (TPSA) is 135 Å². The van der Waals surface area contributed by atoms with E-state index in [2.05, 4.69) is 45.1 Å². The Labute approximate surface area is 330 Å². The number of oxime groups is 1. The van der Waals surface area contributed by atoms with Gasteiger partial charge in [-0.15, -0.1) is 0 Å². The minimum absolute atomic E-state index is 0.0220. The number of nitrogens with zero attached hydrogens (tertiary/aromatic N) is 2. The molecule has 55 heavy (non-hydrogen) atoms. The normalized spacial score (nSPS) is 42.0. The highest BCUT2D eigenvalue weighted by atomic mass is 16.6. The molecule has 10 nitrogen and oxygen atoms in total. The van der Waals surface area contributed by atoms with Gasteiger partial charge in [-0.05, 0) is 138 Å². The number of hydrogen-bond acceptors (Lipinski definition) is 7. The Morgan fingerprint density at radius 3 is 2.27 bits per heavy atom. The molecule has 12 atom stereocenters. The van der Waals surface area contributed by atoms with E-state index in [-0.39, 0.29) is 63.9 Å². The molecule has 10 heteroatoms. The number of carboxylic acid groups (broad SMARTS) is 1. The summed E-state index contributed by atoms with van der Waals surface area (Å²) < 4.78 is 6.15. The standard InChI is InChI=1S/C45H71N3O7/c1-9-54-47-28-17-23-48(24-18-28)38(50)30-25-33(27(30)2)46-39(51)45-19-10-11-32(45)29-12-13-35-43(7,31(29)14-22-45)20-15-34-42(5,6)36(16-21-44(34,35)8)55-37(49)26-41(3,4)40(52)53/h27,29-36H,9-26H2,1-8H3,(H,46,51)(H,52,53). The van der Waals surface area contributed by atoms with Crippen molar-refractivity contribution in [3.63, 3.8) is 0 Å². The second-order valence-electron chi connectivity index (χ2n) is 21.1. The summed E-state index contributed by atoms with van der Waals surface area (Å²) in [6.45, 7) is 18.9. The molecule has 1 aliphatic heterocycles. The van der Waals surface area contributed by atoms with E-state index in [9.17, 15) is 24.3 Å². The summed E-state index contributed by atoms with van der Waals surface area (Å²) in [5.74, 6) is 1.91. The lowest BCUT2D eigenvalue weighted by Crippen LogP contribution is -2.64. The number of amides is 2. The molecule has 0 aromatic carbocycles. The molecule has 2 amide bonds. The van der Waals surface area contributed by atoms with Gasteiger partial charge in [0, 0.05) is 43.3 Å². The van der Waals surface area contributed by atoms with E-state index in [1.807, 2.05) is 11.8 Å². The molecular formula is C45H71N3O7. The summed E-state index contributed by atoms with van der Waals surface area (Å²) in [5.41, 5.74) is -0.209. The van der Waals surface area contributed by atoms with Gasteiger partial charge in [0.05, 0.1) is 23.0 Å². The molecule has 12 unspecified atom stereocenters. The molecule has 0 aromatic heterocycles. The quantitative estimate of drug-likeness (QED) is 0.179. The van der Waals surface area contributed by atoms with Crippen LogP contribution in [0.5, 0.6) is 0 Å².